The highest BCUT2D eigenvalue weighted by Gasteiger charge is 2.20. The Labute approximate surface area is 168 Å². The minimum Gasteiger partial charge on any atom is -0.460 e. The Morgan fingerprint density at radius 1 is 1.28 bits per heavy atom. The molecule has 1 aliphatic heterocycles. The minimum absolute atomic E-state index is 0. The van der Waals surface area contributed by atoms with Gasteiger partial charge in [0, 0.05) is 42.2 Å². The van der Waals surface area contributed by atoms with Gasteiger partial charge < -0.3 is 15.4 Å². The minimum atomic E-state index is -0.781. The zero-order valence-corrected chi connectivity index (χ0v) is 15.2. The molecule has 3 N–H and O–H groups in total. The number of esters is 1. The van der Waals surface area contributed by atoms with Gasteiger partial charge in [0.2, 0.25) is 5.95 Å². The highest BCUT2D eigenvalue weighted by molar-refractivity contribution is 5.94. The number of rotatable bonds is 6. The van der Waals surface area contributed by atoms with Crippen molar-refractivity contribution in [2.24, 2.45) is 5.73 Å². The smallest absolute Gasteiger partial charge is 0.313 e. The lowest BCUT2D eigenvalue weighted by Crippen LogP contribution is -2.35. The van der Waals surface area contributed by atoms with Gasteiger partial charge in [-0.1, -0.05) is 25.6 Å². The van der Waals surface area contributed by atoms with Gasteiger partial charge in [-0.15, -0.1) is 0 Å². The number of hydrogen-bond donors (Lipinski definition) is 2. The van der Waals surface area contributed by atoms with Crippen molar-refractivity contribution in [1.29, 1.82) is 5.41 Å². The highest BCUT2D eigenvalue weighted by atomic mass is 19.1. The van der Waals surface area contributed by atoms with Gasteiger partial charge in [-0.3, -0.25) is 10.2 Å². The van der Waals surface area contributed by atoms with Crippen LogP contribution in [-0.4, -0.2) is 41.0 Å². The van der Waals surface area contributed by atoms with Gasteiger partial charge in [0.1, 0.15) is 30.9 Å². The van der Waals surface area contributed by atoms with Crippen LogP contribution in [0.1, 0.15) is 32.3 Å². The van der Waals surface area contributed by atoms with E-state index in [1.165, 1.54) is 18.5 Å². The van der Waals surface area contributed by atoms with Crippen LogP contribution in [0.3, 0.4) is 0 Å². The van der Waals surface area contributed by atoms with Gasteiger partial charge in [0.15, 0.2) is 0 Å². The predicted octanol–water partition coefficient (Wildman–Crippen LogP) is 3.23. The summed E-state index contributed by atoms with van der Waals surface area (Å²) in [4.78, 5) is 22.0. The second-order valence-corrected chi connectivity index (χ2v) is 6.57. The Morgan fingerprint density at radius 2 is 1.93 bits per heavy atom. The molecule has 29 heavy (non-hydrogen) atoms. The third kappa shape index (κ3) is 5.69. The number of carbonyl (C=O) groups excluding carboxylic acids is 1. The fourth-order valence-corrected chi connectivity index (χ4v) is 2.95. The van der Waals surface area contributed by atoms with Gasteiger partial charge in [0.25, 0.3) is 0 Å². The number of piperidine rings is 1. The SMILES string of the molecule is C.N=C(N)CC(=O)OCc1cccc(-c2cnc(N3CCC(F)CC3)nc2)c1F. The molecule has 0 saturated carbocycles. The first-order valence-corrected chi connectivity index (χ1v) is 8.91. The average molecular weight is 405 g/mol. The van der Waals surface area contributed by atoms with Gasteiger partial charge >= 0.3 is 5.97 Å². The van der Waals surface area contributed by atoms with Gasteiger partial charge in [-0.05, 0) is 12.8 Å². The number of nitrogens with zero attached hydrogens (tertiary/aromatic N) is 3. The van der Waals surface area contributed by atoms with Crippen LogP contribution in [0.5, 0.6) is 0 Å². The van der Waals surface area contributed by atoms with Crippen LogP contribution in [0.4, 0.5) is 14.7 Å². The number of hydrogen-bond acceptors (Lipinski definition) is 6. The molecular weight excluding hydrogens is 380 g/mol. The Morgan fingerprint density at radius 3 is 2.55 bits per heavy atom. The monoisotopic (exact) mass is 405 g/mol. The molecule has 0 atom stereocenters. The van der Waals surface area contributed by atoms with Crippen molar-refractivity contribution in [3.05, 3.63) is 42.0 Å². The number of aromatic nitrogens is 2. The lowest BCUT2D eigenvalue weighted by Gasteiger charge is -2.28. The molecule has 1 fully saturated rings. The first-order chi connectivity index (χ1) is 13.4. The maximum Gasteiger partial charge on any atom is 0.313 e. The molecule has 1 aromatic carbocycles. The standard InChI is InChI=1S/C19H21F2N5O2.CH4/c20-14-4-6-26(7-5-14)19-24-9-13(10-25-19)15-3-1-2-12(18(15)21)11-28-17(27)8-16(22)23;/h1-3,9-10,14H,4-8,11H2,(H3,22,23);1H4. The molecule has 1 saturated heterocycles. The van der Waals surface area contributed by atoms with Crippen molar-refractivity contribution < 1.29 is 18.3 Å². The fraction of sp³-hybridized carbons (Fsp3) is 0.400. The number of anilines is 1. The molecule has 3 rings (SSSR count). The Kier molecular flexibility index (Phi) is 7.58. The number of nitrogens with two attached hydrogens (primary N) is 1. The van der Waals surface area contributed by atoms with Gasteiger partial charge in [0.05, 0.1) is 0 Å². The number of amidine groups is 1. The lowest BCUT2D eigenvalue weighted by molar-refractivity contribution is -0.143. The van der Waals surface area contributed by atoms with Crippen LogP contribution in [0.15, 0.2) is 30.6 Å². The molecule has 2 heterocycles. The molecule has 0 bridgehead atoms. The van der Waals surface area contributed by atoms with E-state index in [0.29, 0.717) is 37.4 Å². The Hall–Kier alpha value is -3.10. The van der Waals surface area contributed by atoms with Crippen LogP contribution < -0.4 is 10.6 Å². The predicted molar refractivity (Wildman–Crippen MR) is 107 cm³/mol. The molecule has 9 heteroatoms. The molecule has 0 radical (unpaired) electrons. The van der Waals surface area contributed by atoms with E-state index in [0.717, 1.165) is 0 Å². The number of ether oxygens (including phenoxy) is 1. The molecule has 1 aromatic heterocycles. The summed E-state index contributed by atoms with van der Waals surface area (Å²) in [6.07, 6.45) is 2.82. The number of nitrogens with one attached hydrogen (secondary N) is 1. The van der Waals surface area contributed by atoms with E-state index >= 15 is 0 Å². The quantitative estimate of drug-likeness (QED) is 0.434. The van der Waals surface area contributed by atoms with Crippen molar-refractivity contribution in [1.82, 2.24) is 9.97 Å². The fourth-order valence-electron chi connectivity index (χ4n) is 2.95. The maximum absolute atomic E-state index is 14.8. The normalized spacial score (nSPS) is 14.2. The van der Waals surface area contributed by atoms with Gasteiger partial charge in [-0.25, -0.2) is 18.7 Å². The first kappa shape index (κ1) is 22.2. The molecule has 156 valence electrons. The largest absolute Gasteiger partial charge is 0.460 e. The summed E-state index contributed by atoms with van der Waals surface area (Å²) in [7, 11) is 0. The van der Waals surface area contributed by atoms with Crippen molar-refractivity contribution in [2.45, 2.75) is 39.5 Å². The second kappa shape index (κ2) is 9.90. The van der Waals surface area contributed by atoms with E-state index in [1.807, 2.05) is 4.90 Å². The van der Waals surface area contributed by atoms with Crippen LogP contribution in [0, 0.1) is 11.2 Å². The Balaban J connectivity index is 0.00000300. The van der Waals surface area contributed by atoms with E-state index in [1.54, 1.807) is 12.1 Å². The van der Waals surface area contributed by atoms with Crippen molar-refractivity contribution in [3.63, 3.8) is 0 Å². The summed E-state index contributed by atoms with van der Waals surface area (Å²) in [6.45, 7) is 0.842. The molecule has 1 aliphatic rings. The average Bonchev–Trinajstić information content (AvgIpc) is 2.67. The van der Waals surface area contributed by atoms with Crippen LogP contribution >= 0.6 is 0 Å². The molecule has 0 unspecified atom stereocenters. The zero-order chi connectivity index (χ0) is 20.1. The topological polar surface area (TPSA) is 105 Å². The van der Waals surface area contributed by atoms with E-state index in [2.05, 4.69) is 9.97 Å². The third-order valence-corrected chi connectivity index (χ3v) is 4.46. The molecule has 0 amide bonds. The van der Waals surface area contributed by atoms with E-state index in [9.17, 15) is 13.6 Å². The molecule has 7 nitrogen and oxygen atoms in total. The number of halogens is 2. The summed E-state index contributed by atoms with van der Waals surface area (Å²) in [5.41, 5.74) is 6.11. The van der Waals surface area contributed by atoms with Gasteiger partial charge in [-0.2, -0.15) is 0 Å². The zero-order valence-electron chi connectivity index (χ0n) is 15.2. The maximum atomic E-state index is 14.8. The summed E-state index contributed by atoms with van der Waals surface area (Å²) in [5, 5.41) is 7.06. The lowest BCUT2D eigenvalue weighted by atomic mass is 10.1. The number of alkyl halides is 1. The van der Waals surface area contributed by atoms with Crippen molar-refractivity contribution in [3.8, 4) is 11.1 Å². The summed E-state index contributed by atoms with van der Waals surface area (Å²) in [6, 6.07) is 4.74. The van der Waals surface area contributed by atoms with E-state index in [-0.39, 0.29) is 37.4 Å². The molecule has 2 aromatic rings. The molecule has 0 spiro atoms. The second-order valence-electron chi connectivity index (χ2n) is 6.57. The van der Waals surface area contributed by atoms with E-state index < -0.39 is 18.0 Å². The third-order valence-electron chi connectivity index (χ3n) is 4.46. The van der Waals surface area contributed by atoms with Crippen molar-refractivity contribution >= 4 is 17.8 Å². The van der Waals surface area contributed by atoms with Crippen LogP contribution in [0.2, 0.25) is 0 Å². The summed E-state index contributed by atoms with van der Waals surface area (Å²) >= 11 is 0. The summed E-state index contributed by atoms with van der Waals surface area (Å²) < 4.78 is 33.0. The molecule has 0 aliphatic carbocycles. The first-order valence-electron chi connectivity index (χ1n) is 8.91. The van der Waals surface area contributed by atoms with Crippen LogP contribution in [0.25, 0.3) is 11.1 Å². The molecular formula is C20H25F2N5O2. The highest BCUT2D eigenvalue weighted by Crippen LogP contribution is 2.26. The van der Waals surface area contributed by atoms with E-state index in [4.69, 9.17) is 15.9 Å². The number of benzene rings is 1. The van der Waals surface area contributed by atoms with Crippen molar-refractivity contribution in [2.75, 3.05) is 18.0 Å². The summed E-state index contributed by atoms with van der Waals surface area (Å²) in [5.74, 6) is -1.05. The number of carbonyl (C=O) groups is 1. The van der Waals surface area contributed by atoms with Crippen LogP contribution in [-0.2, 0) is 16.1 Å². The Bertz CT molecular complexity index is 852.